The standard InChI is InChI=1S/C16H16FNOS2/c17-13-5-2-1-4-12(13)14-7-8-18(9-11-21-14)16(19)15-6-3-10-20-15/h1-6,10,14H,7-9,11H2. The molecule has 2 aromatic rings. The molecule has 1 unspecified atom stereocenters. The quantitative estimate of drug-likeness (QED) is 0.826. The summed E-state index contributed by atoms with van der Waals surface area (Å²) in [5.41, 5.74) is 0.757. The highest BCUT2D eigenvalue weighted by atomic mass is 32.2. The molecule has 1 atom stereocenters. The maximum atomic E-state index is 13.9. The van der Waals surface area contributed by atoms with E-state index in [1.807, 2.05) is 34.5 Å². The summed E-state index contributed by atoms with van der Waals surface area (Å²) in [6.45, 7) is 1.41. The second-order valence-corrected chi connectivity index (χ2v) is 7.20. The number of halogens is 1. The molecule has 1 aliphatic heterocycles. The van der Waals surface area contributed by atoms with E-state index >= 15 is 0 Å². The fourth-order valence-electron chi connectivity index (χ4n) is 2.51. The van der Waals surface area contributed by atoms with Crippen molar-refractivity contribution in [3.05, 3.63) is 58.0 Å². The summed E-state index contributed by atoms with van der Waals surface area (Å²) in [5, 5.41) is 2.05. The topological polar surface area (TPSA) is 20.3 Å². The largest absolute Gasteiger partial charge is 0.337 e. The zero-order valence-corrected chi connectivity index (χ0v) is 13.1. The second kappa shape index (κ2) is 6.62. The molecule has 1 aromatic heterocycles. The summed E-state index contributed by atoms with van der Waals surface area (Å²) in [4.78, 5) is 15.0. The minimum absolute atomic E-state index is 0.0970. The van der Waals surface area contributed by atoms with Gasteiger partial charge < -0.3 is 4.90 Å². The lowest BCUT2D eigenvalue weighted by Gasteiger charge is -2.19. The van der Waals surface area contributed by atoms with Gasteiger partial charge in [-0.3, -0.25) is 4.79 Å². The first-order valence-corrected chi connectivity index (χ1v) is 8.87. The third-order valence-electron chi connectivity index (χ3n) is 3.61. The van der Waals surface area contributed by atoms with Gasteiger partial charge in [-0.15, -0.1) is 11.3 Å². The highest BCUT2D eigenvalue weighted by Gasteiger charge is 2.24. The number of thioether (sulfide) groups is 1. The van der Waals surface area contributed by atoms with Gasteiger partial charge in [0.15, 0.2) is 0 Å². The van der Waals surface area contributed by atoms with Crippen molar-refractivity contribution in [3.8, 4) is 0 Å². The predicted molar refractivity (Wildman–Crippen MR) is 86.4 cm³/mol. The van der Waals surface area contributed by atoms with Gasteiger partial charge in [0.1, 0.15) is 5.82 Å². The zero-order valence-electron chi connectivity index (χ0n) is 11.5. The van der Waals surface area contributed by atoms with Crippen molar-refractivity contribution in [3.63, 3.8) is 0 Å². The van der Waals surface area contributed by atoms with Crippen LogP contribution in [-0.2, 0) is 0 Å². The molecule has 21 heavy (non-hydrogen) atoms. The van der Waals surface area contributed by atoms with Crippen LogP contribution in [0.2, 0.25) is 0 Å². The van der Waals surface area contributed by atoms with Crippen LogP contribution in [-0.4, -0.2) is 29.6 Å². The average Bonchev–Trinajstić information content (AvgIpc) is 2.92. The Morgan fingerprint density at radius 1 is 1.19 bits per heavy atom. The molecule has 2 heterocycles. The molecular weight excluding hydrogens is 305 g/mol. The number of rotatable bonds is 2. The molecule has 3 rings (SSSR count). The summed E-state index contributed by atoms with van der Waals surface area (Å²) in [5.74, 6) is 0.795. The van der Waals surface area contributed by atoms with Gasteiger partial charge in [-0.2, -0.15) is 11.8 Å². The fourth-order valence-corrected chi connectivity index (χ4v) is 4.46. The second-order valence-electron chi connectivity index (χ2n) is 4.94. The van der Waals surface area contributed by atoms with Crippen molar-refractivity contribution >= 4 is 29.0 Å². The van der Waals surface area contributed by atoms with Gasteiger partial charge in [-0.05, 0) is 23.9 Å². The van der Waals surface area contributed by atoms with Crippen LogP contribution in [0.1, 0.15) is 26.9 Å². The molecule has 5 heteroatoms. The molecule has 1 fully saturated rings. The maximum Gasteiger partial charge on any atom is 0.263 e. The third-order valence-corrected chi connectivity index (χ3v) is 5.78. The Kier molecular flexibility index (Phi) is 4.60. The van der Waals surface area contributed by atoms with Gasteiger partial charge in [0.05, 0.1) is 4.88 Å². The molecule has 0 radical (unpaired) electrons. The van der Waals surface area contributed by atoms with Crippen molar-refractivity contribution in [2.24, 2.45) is 0 Å². The lowest BCUT2D eigenvalue weighted by molar-refractivity contribution is 0.0771. The molecule has 0 N–H and O–H groups in total. The minimum Gasteiger partial charge on any atom is -0.337 e. The molecular formula is C16H16FNOS2. The number of hydrogen-bond acceptors (Lipinski definition) is 3. The Hall–Kier alpha value is -1.33. The number of hydrogen-bond donors (Lipinski definition) is 0. The van der Waals surface area contributed by atoms with Crippen LogP contribution in [0.4, 0.5) is 4.39 Å². The van der Waals surface area contributed by atoms with Crippen molar-refractivity contribution < 1.29 is 9.18 Å². The van der Waals surface area contributed by atoms with Gasteiger partial charge in [0.25, 0.3) is 5.91 Å². The van der Waals surface area contributed by atoms with E-state index in [0.29, 0.717) is 6.54 Å². The van der Waals surface area contributed by atoms with Gasteiger partial charge in [0.2, 0.25) is 0 Å². The van der Waals surface area contributed by atoms with Crippen LogP contribution in [0.3, 0.4) is 0 Å². The van der Waals surface area contributed by atoms with E-state index in [9.17, 15) is 9.18 Å². The van der Waals surface area contributed by atoms with Crippen molar-refractivity contribution in [2.45, 2.75) is 11.7 Å². The summed E-state index contributed by atoms with van der Waals surface area (Å²) in [6, 6.07) is 10.7. The monoisotopic (exact) mass is 321 g/mol. The summed E-state index contributed by atoms with van der Waals surface area (Å²) < 4.78 is 13.9. The first-order valence-electron chi connectivity index (χ1n) is 6.94. The van der Waals surface area contributed by atoms with Crippen LogP contribution in [0, 0.1) is 5.82 Å². The number of thiophene rings is 1. The molecule has 1 amide bonds. The molecule has 0 spiro atoms. The van der Waals surface area contributed by atoms with E-state index < -0.39 is 0 Å². The van der Waals surface area contributed by atoms with Gasteiger partial charge in [0, 0.05) is 29.7 Å². The smallest absolute Gasteiger partial charge is 0.263 e. The molecule has 1 aliphatic rings. The Morgan fingerprint density at radius 2 is 2.05 bits per heavy atom. The number of carbonyl (C=O) groups is 1. The van der Waals surface area contributed by atoms with Crippen molar-refractivity contribution in [1.82, 2.24) is 4.90 Å². The molecule has 0 bridgehead atoms. The van der Waals surface area contributed by atoms with Crippen LogP contribution in [0.25, 0.3) is 0 Å². The van der Waals surface area contributed by atoms with Crippen LogP contribution >= 0.6 is 23.1 Å². The lowest BCUT2D eigenvalue weighted by Crippen LogP contribution is -2.32. The van der Waals surface area contributed by atoms with Crippen molar-refractivity contribution in [2.75, 3.05) is 18.8 Å². The first kappa shape index (κ1) is 14.6. The number of nitrogens with zero attached hydrogens (tertiary/aromatic N) is 1. The fraction of sp³-hybridized carbons (Fsp3) is 0.312. The van der Waals surface area contributed by atoms with E-state index in [0.717, 1.165) is 29.2 Å². The number of carbonyl (C=O) groups excluding carboxylic acids is 1. The lowest BCUT2D eigenvalue weighted by atomic mass is 10.1. The maximum absolute atomic E-state index is 13.9. The van der Waals surface area contributed by atoms with Crippen molar-refractivity contribution in [1.29, 1.82) is 0 Å². The molecule has 2 nitrogen and oxygen atoms in total. The van der Waals surface area contributed by atoms with E-state index in [-0.39, 0.29) is 17.0 Å². The summed E-state index contributed by atoms with van der Waals surface area (Å²) in [7, 11) is 0. The number of amides is 1. The van der Waals surface area contributed by atoms with Crippen LogP contribution in [0.5, 0.6) is 0 Å². The molecule has 1 saturated heterocycles. The molecule has 110 valence electrons. The SMILES string of the molecule is O=C(c1cccs1)N1CCSC(c2ccccc2F)CC1. The highest BCUT2D eigenvalue weighted by molar-refractivity contribution is 7.99. The summed E-state index contributed by atoms with van der Waals surface area (Å²) in [6.07, 6.45) is 0.794. The van der Waals surface area contributed by atoms with E-state index in [2.05, 4.69) is 0 Å². The van der Waals surface area contributed by atoms with Crippen LogP contribution < -0.4 is 0 Å². The van der Waals surface area contributed by atoms with Gasteiger partial charge >= 0.3 is 0 Å². The van der Waals surface area contributed by atoms with E-state index in [4.69, 9.17) is 0 Å². The van der Waals surface area contributed by atoms with Crippen LogP contribution in [0.15, 0.2) is 41.8 Å². The third kappa shape index (κ3) is 3.30. The predicted octanol–water partition coefficient (Wildman–Crippen LogP) is 4.21. The molecule has 0 aliphatic carbocycles. The molecule has 0 saturated carbocycles. The Bertz CT molecular complexity index is 614. The average molecular weight is 321 g/mol. The van der Waals surface area contributed by atoms with E-state index in [1.54, 1.807) is 17.8 Å². The number of benzene rings is 1. The molecule has 1 aromatic carbocycles. The zero-order chi connectivity index (χ0) is 14.7. The first-order chi connectivity index (χ1) is 10.3. The van der Waals surface area contributed by atoms with Gasteiger partial charge in [-0.25, -0.2) is 4.39 Å². The highest BCUT2D eigenvalue weighted by Crippen LogP contribution is 2.35. The van der Waals surface area contributed by atoms with Gasteiger partial charge in [-0.1, -0.05) is 24.3 Å². The summed E-state index contributed by atoms with van der Waals surface area (Å²) >= 11 is 3.21. The van der Waals surface area contributed by atoms with E-state index in [1.165, 1.54) is 17.4 Å². The minimum atomic E-state index is -0.145. The normalized spacial score (nSPS) is 19.3. The Morgan fingerprint density at radius 3 is 2.81 bits per heavy atom. The Labute approximate surface area is 132 Å². The Balaban J connectivity index is 1.70.